The minimum atomic E-state index is -0.523. The summed E-state index contributed by atoms with van der Waals surface area (Å²) in [5.74, 6) is 2.30. The lowest BCUT2D eigenvalue weighted by atomic mass is 9.80. The zero-order valence-electron chi connectivity index (χ0n) is 13.2. The number of benzene rings is 1. The van der Waals surface area contributed by atoms with Gasteiger partial charge in [-0.15, -0.1) is 0 Å². The number of hydrogen-bond donors (Lipinski definition) is 1. The molecule has 0 saturated heterocycles. The highest BCUT2D eigenvalue weighted by Gasteiger charge is 2.35. The van der Waals surface area contributed by atoms with Gasteiger partial charge >= 0.3 is 0 Å². The molecule has 1 fully saturated rings. The van der Waals surface area contributed by atoms with Crippen molar-refractivity contribution < 1.29 is 14.6 Å². The van der Waals surface area contributed by atoms with E-state index in [4.69, 9.17) is 9.47 Å². The van der Waals surface area contributed by atoms with Crippen molar-refractivity contribution in [3.63, 3.8) is 0 Å². The van der Waals surface area contributed by atoms with Gasteiger partial charge in [0.2, 0.25) is 0 Å². The van der Waals surface area contributed by atoms with Gasteiger partial charge in [-0.2, -0.15) is 0 Å². The SMILES string of the molecule is COc1ccc2c(c1)C(O)C(OC1CCC(C)C(C)C1)C2. The summed E-state index contributed by atoms with van der Waals surface area (Å²) in [6.45, 7) is 4.64. The molecule has 1 aromatic carbocycles. The number of ether oxygens (including phenoxy) is 2. The molecule has 21 heavy (non-hydrogen) atoms. The Bertz CT molecular complexity index is 499. The molecule has 1 N–H and O–H groups in total. The van der Waals surface area contributed by atoms with Crippen LogP contribution < -0.4 is 4.74 Å². The zero-order valence-corrected chi connectivity index (χ0v) is 13.2. The van der Waals surface area contributed by atoms with Gasteiger partial charge in [-0.25, -0.2) is 0 Å². The quantitative estimate of drug-likeness (QED) is 0.926. The highest BCUT2D eigenvalue weighted by Crippen LogP contribution is 2.38. The maximum absolute atomic E-state index is 10.5. The van der Waals surface area contributed by atoms with Crippen LogP contribution >= 0.6 is 0 Å². The molecule has 5 atom stereocenters. The van der Waals surface area contributed by atoms with Crippen LogP contribution in [0.4, 0.5) is 0 Å². The first-order chi connectivity index (χ1) is 10.1. The van der Waals surface area contributed by atoms with Crippen LogP contribution in [0.2, 0.25) is 0 Å². The standard InChI is InChI=1S/C18H26O3/c1-11-4-6-15(8-12(11)2)21-17-9-13-5-7-14(20-3)10-16(13)18(17)19/h5,7,10-12,15,17-19H,4,6,8-9H2,1-3H3. The van der Waals surface area contributed by atoms with E-state index in [9.17, 15) is 5.11 Å². The van der Waals surface area contributed by atoms with Crippen LogP contribution in [0.1, 0.15) is 50.3 Å². The molecule has 0 amide bonds. The molecule has 3 nitrogen and oxygen atoms in total. The minimum Gasteiger partial charge on any atom is -0.497 e. The number of methoxy groups -OCH3 is 1. The van der Waals surface area contributed by atoms with Crippen molar-refractivity contribution in [3.8, 4) is 5.75 Å². The first-order valence-corrected chi connectivity index (χ1v) is 8.08. The Morgan fingerprint density at radius 2 is 1.95 bits per heavy atom. The van der Waals surface area contributed by atoms with Gasteiger partial charge in [0.25, 0.3) is 0 Å². The van der Waals surface area contributed by atoms with E-state index < -0.39 is 6.10 Å². The predicted octanol–water partition coefficient (Wildman–Crippen LogP) is 3.49. The van der Waals surface area contributed by atoms with Crippen LogP contribution in [0.15, 0.2) is 18.2 Å². The molecule has 0 aliphatic heterocycles. The summed E-state index contributed by atoms with van der Waals surface area (Å²) in [6.07, 6.45) is 3.95. The third-order valence-electron chi connectivity index (χ3n) is 5.36. The molecule has 116 valence electrons. The zero-order chi connectivity index (χ0) is 15.0. The predicted molar refractivity (Wildman–Crippen MR) is 82.5 cm³/mol. The molecule has 0 heterocycles. The van der Waals surface area contributed by atoms with E-state index in [-0.39, 0.29) is 6.10 Å². The van der Waals surface area contributed by atoms with E-state index >= 15 is 0 Å². The van der Waals surface area contributed by atoms with Crippen LogP contribution in [-0.2, 0) is 11.2 Å². The van der Waals surface area contributed by atoms with Gasteiger partial charge in [0.1, 0.15) is 11.9 Å². The third-order valence-corrected chi connectivity index (χ3v) is 5.36. The van der Waals surface area contributed by atoms with Gasteiger partial charge in [-0.1, -0.05) is 19.9 Å². The second kappa shape index (κ2) is 5.98. The van der Waals surface area contributed by atoms with Crippen molar-refractivity contribution in [2.75, 3.05) is 7.11 Å². The van der Waals surface area contributed by atoms with Crippen LogP contribution in [0.5, 0.6) is 5.75 Å². The molecule has 2 aliphatic rings. The summed E-state index contributed by atoms with van der Waals surface area (Å²) in [4.78, 5) is 0. The molecule has 0 spiro atoms. The lowest BCUT2D eigenvalue weighted by Gasteiger charge is -2.34. The van der Waals surface area contributed by atoms with E-state index in [0.29, 0.717) is 12.0 Å². The molecule has 0 radical (unpaired) electrons. The summed E-state index contributed by atoms with van der Waals surface area (Å²) in [7, 11) is 1.65. The van der Waals surface area contributed by atoms with Crippen LogP contribution in [-0.4, -0.2) is 24.4 Å². The van der Waals surface area contributed by atoms with Crippen molar-refractivity contribution in [2.45, 2.75) is 57.8 Å². The lowest BCUT2D eigenvalue weighted by Crippen LogP contribution is -2.32. The fraction of sp³-hybridized carbons (Fsp3) is 0.667. The Hall–Kier alpha value is -1.06. The minimum absolute atomic E-state index is 0.0993. The molecule has 0 bridgehead atoms. The summed E-state index contributed by atoms with van der Waals surface area (Å²) in [6, 6.07) is 5.94. The van der Waals surface area contributed by atoms with E-state index in [1.807, 2.05) is 18.2 Å². The summed E-state index contributed by atoms with van der Waals surface area (Å²) < 4.78 is 11.5. The number of fused-ring (bicyclic) bond motifs is 1. The van der Waals surface area contributed by atoms with Crippen LogP contribution in [0.25, 0.3) is 0 Å². The van der Waals surface area contributed by atoms with Crippen LogP contribution in [0.3, 0.4) is 0 Å². The average molecular weight is 290 g/mol. The average Bonchev–Trinajstić information content (AvgIpc) is 2.79. The molecule has 1 aromatic rings. The Labute approximate surface area is 127 Å². The van der Waals surface area contributed by atoms with Crippen molar-refractivity contribution in [2.24, 2.45) is 11.8 Å². The lowest BCUT2D eigenvalue weighted by molar-refractivity contribution is -0.0906. The normalized spacial score (nSPS) is 35.5. The molecule has 1 saturated carbocycles. The summed E-state index contributed by atoms with van der Waals surface area (Å²) >= 11 is 0. The van der Waals surface area contributed by atoms with E-state index in [1.54, 1.807) is 7.11 Å². The third kappa shape index (κ3) is 2.95. The molecular formula is C18H26O3. The number of aliphatic hydroxyl groups excluding tert-OH is 1. The topological polar surface area (TPSA) is 38.7 Å². The first-order valence-electron chi connectivity index (χ1n) is 8.08. The largest absolute Gasteiger partial charge is 0.497 e. The van der Waals surface area contributed by atoms with Gasteiger partial charge < -0.3 is 14.6 Å². The number of rotatable bonds is 3. The van der Waals surface area contributed by atoms with Gasteiger partial charge in [0.05, 0.1) is 19.3 Å². The fourth-order valence-corrected chi connectivity index (χ4v) is 3.68. The monoisotopic (exact) mass is 290 g/mol. The second-order valence-corrected chi connectivity index (χ2v) is 6.78. The van der Waals surface area contributed by atoms with Gasteiger partial charge in [-0.3, -0.25) is 0 Å². The van der Waals surface area contributed by atoms with Crippen molar-refractivity contribution in [3.05, 3.63) is 29.3 Å². The summed E-state index contributed by atoms with van der Waals surface area (Å²) in [5.41, 5.74) is 2.15. The maximum Gasteiger partial charge on any atom is 0.119 e. The van der Waals surface area contributed by atoms with E-state index in [2.05, 4.69) is 13.8 Å². The van der Waals surface area contributed by atoms with Gasteiger partial charge in [0.15, 0.2) is 0 Å². The van der Waals surface area contributed by atoms with Crippen molar-refractivity contribution in [1.82, 2.24) is 0 Å². The van der Waals surface area contributed by atoms with E-state index in [0.717, 1.165) is 36.5 Å². The Kier molecular flexibility index (Phi) is 4.23. The summed E-state index contributed by atoms with van der Waals surface area (Å²) in [5, 5.41) is 10.5. The van der Waals surface area contributed by atoms with E-state index in [1.165, 1.54) is 12.0 Å². The molecule has 3 heteroatoms. The molecule has 5 unspecified atom stereocenters. The first kappa shape index (κ1) is 14.9. The highest BCUT2D eigenvalue weighted by molar-refractivity contribution is 5.41. The van der Waals surface area contributed by atoms with Crippen LogP contribution in [0, 0.1) is 11.8 Å². The van der Waals surface area contributed by atoms with Gasteiger partial charge in [-0.05, 0) is 54.4 Å². The molecule has 0 aromatic heterocycles. The van der Waals surface area contributed by atoms with Gasteiger partial charge in [0, 0.05) is 6.42 Å². The number of aliphatic hydroxyl groups is 1. The van der Waals surface area contributed by atoms with Crippen molar-refractivity contribution >= 4 is 0 Å². The van der Waals surface area contributed by atoms with Crippen molar-refractivity contribution in [1.29, 1.82) is 0 Å². The molecular weight excluding hydrogens is 264 g/mol. The fourth-order valence-electron chi connectivity index (χ4n) is 3.68. The Balaban J connectivity index is 1.66. The maximum atomic E-state index is 10.5. The smallest absolute Gasteiger partial charge is 0.119 e. The molecule has 3 rings (SSSR count). The second-order valence-electron chi connectivity index (χ2n) is 6.78. The Morgan fingerprint density at radius 3 is 2.67 bits per heavy atom. The Morgan fingerprint density at radius 1 is 1.14 bits per heavy atom. The highest BCUT2D eigenvalue weighted by atomic mass is 16.5. The molecule has 2 aliphatic carbocycles. The number of hydrogen-bond acceptors (Lipinski definition) is 3.